The van der Waals surface area contributed by atoms with Gasteiger partial charge in [0, 0.05) is 16.6 Å². The van der Waals surface area contributed by atoms with Gasteiger partial charge in [0.15, 0.2) is 0 Å². The molecule has 0 aliphatic carbocycles. The third-order valence-electron chi connectivity index (χ3n) is 2.08. The molecular weight excluding hydrogens is 318 g/mol. The topological polar surface area (TPSA) is 93.8 Å². The van der Waals surface area contributed by atoms with Crippen LogP contribution in [-0.2, 0) is 9.53 Å². The first-order chi connectivity index (χ1) is 8.95. The second kappa shape index (κ2) is 6.83. The summed E-state index contributed by atoms with van der Waals surface area (Å²) in [5, 5.41) is 14.4. The summed E-state index contributed by atoms with van der Waals surface area (Å²) in [5.74, 6) is -0.520. The summed E-state index contributed by atoms with van der Waals surface area (Å²) in [4.78, 5) is 21.4. The van der Waals surface area contributed by atoms with E-state index in [1.165, 1.54) is 25.1 Å². The molecule has 0 radical (unpaired) electrons. The number of hydrazone groups is 1. The zero-order chi connectivity index (χ0) is 14.4. The Hall–Kier alpha value is -1.96. The van der Waals surface area contributed by atoms with Crippen molar-refractivity contribution in [2.75, 3.05) is 12.0 Å². The highest BCUT2D eigenvalue weighted by molar-refractivity contribution is 9.10. The molecule has 0 amide bonds. The average Bonchev–Trinajstić information content (AvgIpc) is 2.36. The van der Waals surface area contributed by atoms with Gasteiger partial charge in [0.25, 0.3) is 5.69 Å². The van der Waals surface area contributed by atoms with Gasteiger partial charge in [0.2, 0.25) is 0 Å². The summed E-state index contributed by atoms with van der Waals surface area (Å²) in [7, 11) is 0. The number of ether oxygens (including phenoxy) is 1. The summed E-state index contributed by atoms with van der Waals surface area (Å²) in [6.45, 7) is 3.47. The number of non-ortho nitro benzene ring substituents is 1. The molecule has 0 aromatic heterocycles. The SMILES string of the molecule is CCOC(=O)C(C)=NNc1ccc([N+](=O)[O-])cc1Br. The van der Waals surface area contributed by atoms with E-state index in [0.29, 0.717) is 10.2 Å². The van der Waals surface area contributed by atoms with Crippen LogP contribution in [-0.4, -0.2) is 23.2 Å². The smallest absolute Gasteiger partial charge is 0.354 e. The lowest BCUT2D eigenvalue weighted by Gasteiger charge is -2.05. The summed E-state index contributed by atoms with van der Waals surface area (Å²) < 4.78 is 5.24. The van der Waals surface area contributed by atoms with Gasteiger partial charge in [-0.1, -0.05) is 0 Å². The Morgan fingerprint density at radius 1 is 1.58 bits per heavy atom. The molecule has 7 nitrogen and oxygen atoms in total. The highest BCUT2D eigenvalue weighted by Crippen LogP contribution is 2.27. The zero-order valence-electron chi connectivity index (χ0n) is 10.3. The number of nitrogens with zero attached hydrogens (tertiary/aromatic N) is 2. The van der Waals surface area contributed by atoms with Crippen molar-refractivity contribution in [1.82, 2.24) is 0 Å². The van der Waals surface area contributed by atoms with E-state index in [9.17, 15) is 14.9 Å². The number of anilines is 1. The molecule has 0 saturated heterocycles. The molecule has 0 saturated carbocycles. The molecule has 0 aliphatic heterocycles. The minimum atomic E-state index is -0.520. The van der Waals surface area contributed by atoms with Crippen LogP contribution in [0.4, 0.5) is 11.4 Å². The maximum absolute atomic E-state index is 11.3. The normalized spacial score (nSPS) is 11.0. The van der Waals surface area contributed by atoms with Crippen LogP contribution in [0, 0.1) is 10.1 Å². The molecule has 1 rings (SSSR count). The molecular formula is C11H12BrN3O4. The summed E-state index contributed by atoms with van der Waals surface area (Å²) in [6, 6.07) is 4.17. The van der Waals surface area contributed by atoms with E-state index < -0.39 is 10.9 Å². The van der Waals surface area contributed by atoms with Crippen LogP contribution < -0.4 is 5.43 Å². The number of rotatable bonds is 5. The molecule has 1 N–H and O–H groups in total. The van der Waals surface area contributed by atoms with Gasteiger partial charge in [-0.2, -0.15) is 5.10 Å². The monoisotopic (exact) mass is 329 g/mol. The first-order valence-corrected chi connectivity index (χ1v) is 6.16. The number of carbonyl (C=O) groups excluding carboxylic acids is 1. The van der Waals surface area contributed by atoms with Gasteiger partial charge >= 0.3 is 5.97 Å². The fourth-order valence-corrected chi connectivity index (χ4v) is 1.59. The van der Waals surface area contributed by atoms with Gasteiger partial charge in [0.05, 0.1) is 17.2 Å². The van der Waals surface area contributed by atoms with E-state index in [0.717, 1.165) is 0 Å². The van der Waals surface area contributed by atoms with E-state index in [2.05, 4.69) is 26.5 Å². The highest BCUT2D eigenvalue weighted by Gasteiger charge is 2.10. The minimum absolute atomic E-state index is 0.0384. The molecule has 0 fully saturated rings. The average molecular weight is 330 g/mol. The fourth-order valence-electron chi connectivity index (χ4n) is 1.13. The van der Waals surface area contributed by atoms with Crippen LogP contribution in [0.15, 0.2) is 27.8 Å². The van der Waals surface area contributed by atoms with Crippen LogP contribution >= 0.6 is 15.9 Å². The minimum Gasteiger partial charge on any atom is -0.461 e. The van der Waals surface area contributed by atoms with E-state index in [1.807, 2.05) is 0 Å². The van der Waals surface area contributed by atoms with Gasteiger partial charge in [-0.15, -0.1) is 0 Å². The molecule has 0 bridgehead atoms. The van der Waals surface area contributed by atoms with Crippen LogP contribution in [0.1, 0.15) is 13.8 Å². The molecule has 1 aromatic carbocycles. The van der Waals surface area contributed by atoms with Gasteiger partial charge in [0.1, 0.15) is 5.71 Å². The summed E-state index contributed by atoms with van der Waals surface area (Å²) in [5.41, 5.74) is 3.27. The number of nitro benzene ring substituents is 1. The van der Waals surface area contributed by atoms with Crippen LogP contribution in [0.25, 0.3) is 0 Å². The first kappa shape index (κ1) is 15.1. The van der Waals surface area contributed by atoms with Crippen molar-refractivity contribution < 1.29 is 14.5 Å². The number of carbonyl (C=O) groups is 1. The zero-order valence-corrected chi connectivity index (χ0v) is 11.9. The molecule has 19 heavy (non-hydrogen) atoms. The van der Waals surface area contributed by atoms with Gasteiger partial charge in [-0.05, 0) is 35.8 Å². The number of hydrogen-bond acceptors (Lipinski definition) is 6. The van der Waals surface area contributed by atoms with E-state index in [-0.39, 0.29) is 18.0 Å². The van der Waals surface area contributed by atoms with E-state index in [4.69, 9.17) is 4.74 Å². The number of hydrogen-bond donors (Lipinski definition) is 1. The summed E-state index contributed by atoms with van der Waals surface area (Å²) >= 11 is 3.18. The Morgan fingerprint density at radius 3 is 2.79 bits per heavy atom. The van der Waals surface area contributed by atoms with Crippen LogP contribution in [0.2, 0.25) is 0 Å². The predicted molar refractivity (Wildman–Crippen MR) is 74.2 cm³/mol. The lowest BCUT2D eigenvalue weighted by molar-refractivity contribution is -0.384. The third-order valence-corrected chi connectivity index (χ3v) is 2.73. The standard InChI is InChI=1S/C11H12BrN3O4/c1-3-19-11(16)7(2)13-14-10-5-4-8(15(17)18)6-9(10)12/h4-6,14H,3H2,1-2H3. The maximum Gasteiger partial charge on any atom is 0.354 e. The second-order valence-electron chi connectivity index (χ2n) is 3.45. The van der Waals surface area contributed by atoms with Crippen molar-refractivity contribution in [3.63, 3.8) is 0 Å². The first-order valence-electron chi connectivity index (χ1n) is 5.37. The van der Waals surface area contributed by atoms with Crippen molar-refractivity contribution in [1.29, 1.82) is 0 Å². The Labute approximate surface area is 117 Å². The lowest BCUT2D eigenvalue weighted by Crippen LogP contribution is -2.15. The van der Waals surface area contributed by atoms with Crippen molar-refractivity contribution in [2.45, 2.75) is 13.8 Å². The molecule has 1 aromatic rings. The van der Waals surface area contributed by atoms with Crippen molar-refractivity contribution in [3.05, 3.63) is 32.8 Å². The molecule has 0 atom stereocenters. The maximum atomic E-state index is 11.3. The van der Waals surface area contributed by atoms with Gasteiger partial charge in [-0.3, -0.25) is 15.5 Å². The quantitative estimate of drug-likeness (QED) is 0.388. The third kappa shape index (κ3) is 4.32. The van der Waals surface area contributed by atoms with E-state index in [1.54, 1.807) is 6.92 Å². The summed E-state index contributed by atoms with van der Waals surface area (Å²) in [6.07, 6.45) is 0. The second-order valence-corrected chi connectivity index (χ2v) is 4.31. The predicted octanol–water partition coefficient (Wildman–Crippen LogP) is 2.71. The Balaban J connectivity index is 2.81. The largest absolute Gasteiger partial charge is 0.461 e. The number of halogens is 1. The molecule has 0 heterocycles. The van der Waals surface area contributed by atoms with E-state index >= 15 is 0 Å². The highest BCUT2D eigenvalue weighted by atomic mass is 79.9. The number of benzene rings is 1. The molecule has 8 heteroatoms. The van der Waals surface area contributed by atoms with Crippen molar-refractivity contribution >= 4 is 39.0 Å². The molecule has 0 aliphatic rings. The Bertz CT molecular complexity index is 531. The van der Waals surface area contributed by atoms with Crippen LogP contribution in [0.3, 0.4) is 0 Å². The van der Waals surface area contributed by atoms with Gasteiger partial charge < -0.3 is 4.74 Å². The Morgan fingerprint density at radius 2 is 2.26 bits per heavy atom. The molecule has 0 unspecified atom stereocenters. The number of nitrogens with one attached hydrogen (secondary N) is 1. The molecule has 102 valence electrons. The lowest BCUT2D eigenvalue weighted by atomic mass is 10.3. The van der Waals surface area contributed by atoms with Crippen LogP contribution in [0.5, 0.6) is 0 Å². The van der Waals surface area contributed by atoms with Gasteiger partial charge in [-0.25, -0.2) is 4.79 Å². The fraction of sp³-hybridized carbons (Fsp3) is 0.273. The van der Waals surface area contributed by atoms with Crippen molar-refractivity contribution in [2.24, 2.45) is 5.10 Å². The Kier molecular flexibility index (Phi) is 5.43. The van der Waals surface area contributed by atoms with Crippen molar-refractivity contribution in [3.8, 4) is 0 Å². The number of esters is 1. The molecule has 0 spiro atoms. The number of nitro groups is 1.